The van der Waals surface area contributed by atoms with E-state index in [4.69, 9.17) is 9.72 Å². The number of aryl methyl sites for hydroxylation is 2. The molecule has 0 aliphatic carbocycles. The summed E-state index contributed by atoms with van der Waals surface area (Å²) in [5.41, 5.74) is 4.03. The molecule has 0 radical (unpaired) electrons. The molecule has 2 heterocycles. The summed E-state index contributed by atoms with van der Waals surface area (Å²) >= 11 is 1.61. The molecule has 146 valence electrons. The maximum absolute atomic E-state index is 13.3. The first-order chi connectivity index (χ1) is 13.6. The van der Waals surface area contributed by atoms with Crippen molar-refractivity contribution in [2.45, 2.75) is 13.8 Å². The summed E-state index contributed by atoms with van der Waals surface area (Å²) < 4.78 is 6.60. The van der Waals surface area contributed by atoms with Gasteiger partial charge in [-0.1, -0.05) is 41.7 Å². The number of amides is 1. The molecule has 4 rings (SSSR count). The number of morpholine rings is 1. The second-order valence-corrected chi connectivity index (χ2v) is 8.13. The zero-order chi connectivity index (χ0) is 19.5. The van der Waals surface area contributed by atoms with Gasteiger partial charge in [0.15, 0.2) is 5.13 Å². The van der Waals surface area contributed by atoms with Crippen LogP contribution in [0.5, 0.6) is 0 Å². The third-order valence-corrected chi connectivity index (χ3v) is 6.38. The SMILES string of the molecule is Cc1ccc(C)c2sc(N(CCN3CCOCC3)C(=O)c3ccccc3)nc12. The van der Waals surface area contributed by atoms with Gasteiger partial charge in [0.05, 0.1) is 23.4 Å². The Labute approximate surface area is 169 Å². The highest BCUT2D eigenvalue weighted by Gasteiger charge is 2.23. The van der Waals surface area contributed by atoms with Gasteiger partial charge in [0, 0.05) is 31.7 Å². The van der Waals surface area contributed by atoms with Gasteiger partial charge in [-0.15, -0.1) is 0 Å². The summed E-state index contributed by atoms with van der Waals surface area (Å²) in [5, 5.41) is 0.773. The molecule has 1 amide bonds. The first-order valence-electron chi connectivity index (χ1n) is 9.67. The molecule has 0 bridgehead atoms. The molecule has 0 atom stereocenters. The number of nitrogens with zero attached hydrogens (tertiary/aromatic N) is 3. The van der Waals surface area contributed by atoms with Crippen molar-refractivity contribution < 1.29 is 9.53 Å². The zero-order valence-electron chi connectivity index (χ0n) is 16.4. The van der Waals surface area contributed by atoms with E-state index < -0.39 is 0 Å². The van der Waals surface area contributed by atoms with E-state index in [1.54, 1.807) is 11.3 Å². The van der Waals surface area contributed by atoms with Crippen molar-refractivity contribution in [2.24, 2.45) is 0 Å². The lowest BCUT2D eigenvalue weighted by Crippen LogP contribution is -2.43. The zero-order valence-corrected chi connectivity index (χ0v) is 17.2. The Morgan fingerprint density at radius 2 is 1.82 bits per heavy atom. The van der Waals surface area contributed by atoms with Gasteiger partial charge < -0.3 is 4.74 Å². The van der Waals surface area contributed by atoms with Gasteiger partial charge in [-0.25, -0.2) is 4.98 Å². The van der Waals surface area contributed by atoms with Crippen LogP contribution in [0, 0.1) is 13.8 Å². The molecule has 3 aromatic rings. The minimum Gasteiger partial charge on any atom is -0.379 e. The van der Waals surface area contributed by atoms with Crippen LogP contribution >= 0.6 is 11.3 Å². The Bertz CT molecular complexity index is 926. The number of anilines is 1. The van der Waals surface area contributed by atoms with Crippen LogP contribution in [0.1, 0.15) is 21.5 Å². The number of hydrogen-bond donors (Lipinski definition) is 0. The number of benzene rings is 2. The molecular formula is C22H25N3O2S. The Morgan fingerprint density at radius 3 is 2.54 bits per heavy atom. The fourth-order valence-electron chi connectivity index (χ4n) is 3.45. The lowest BCUT2D eigenvalue weighted by atomic mass is 10.1. The fourth-order valence-corrected chi connectivity index (χ4v) is 4.59. The minimum absolute atomic E-state index is 0.00298. The van der Waals surface area contributed by atoms with E-state index in [2.05, 4.69) is 30.9 Å². The molecule has 2 aromatic carbocycles. The van der Waals surface area contributed by atoms with E-state index in [1.165, 1.54) is 5.56 Å². The molecule has 28 heavy (non-hydrogen) atoms. The topological polar surface area (TPSA) is 45.7 Å². The Morgan fingerprint density at radius 1 is 1.11 bits per heavy atom. The highest BCUT2D eigenvalue weighted by Crippen LogP contribution is 2.33. The van der Waals surface area contributed by atoms with Crippen LogP contribution in [-0.4, -0.2) is 55.2 Å². The van der Waals surface area contributed by atoms with E-state index in [0.29, 0.717) is 12.1 Å². The van der Waals surface area contributed by atoms with Crippen LogP contribution in [0.4, 0.5) is 5.13 Å². The number of hydrogen-bond acceptors (Lipinski definition) is 5. The van der Waals surface area contributed by atoms with Gasteiger partial charge in [-0.05, 0) is 37.1 Å². The first kappa shape index (κ1) is 19.1. The van der Waals surface area contributed by atoms with Crippen LogP contribution in [0.25, 0.3) is 10.2 Å². The monoisotopic (exact) mass is 395 g/mol. The first-order valence-corrected chi connectivity index (χ1v) is 10.5. The number of fused-ring (bicyclic) bond motifs is 1. The lowest BCUT2D eigenvalue weighted by molar-refractivity contribution is 0.0391. The van der Waals surface area contributed by atoms with E-state index in [9.17, 15) is 4.79 Å². The van der Waals surface area contributed by atoms with Crippen molar-refractivity contribution in [2.75, 3.05) is 44.3 Å². The third-order valence-electron chi connectivity index (χ3n) is 5.17. The van der Waals surface area contributed by atoms with Gasteiger partial charge in [0.2, 0.25) is 0 Å². The van der Waals surface area contributed by atoms with Crippen molar-refractivity contribution >= 4 is 32.6 Å². The quantitative estimate of drug-likeness (QED) is 0.657. The number of carbonyl (C=O) groups excluding carboxylic acids is 1. The van der Waals surface area contributed by atoms with E-state index in [0.717, 1.165) is 53.8 Å². The molecule has 5 nitrogen and oxygen atoms in total. The maximum atomic E-state index is 13.3. The highest BCUT2D eigenvalue weighted by atomic mass is 32.1. The number of rotatable bonds is 5. The van der Waals surface area contributed by atoms with Gasteiger partial charge in [0.25, 0.3) is 5.91 Å². The summed E-state index contributed by atoms with van der Waals surface area (Å²) in [6.45, 7) is 8.93. The Kier molecular flexibility index (Phi) is 5.71. The van der Waals surface area contributed by atoms with Gasteiger partial charge in [-0.2, -0.15) is 0 Å². The summed E-state index contributed by atoms with van der Waals surface area (Å²) in [5.74, 6) is 0.00298. The Hall–Kier alpha value is -2.28. The minimum atomic E-state index is 0.00298. The molecule has 0 unspecified atom stereocenters. The van der Waals surface area contributed by atoms with Crippen molar-refractivity contribution in [1.82, 2.24) is 9.88 Å². The predicted octanol–water partition coefficient (Wildman–Crippen LogP) is 3.89. The second-order valence-electron chi connectivity index (χ2n) is 7.15. The van der Waals surface area contributed by atoms with Gasteiger partial charge >= 0.3 is 0 Å². The van der Waals surface area contributed by atoms with Crippen LogP contribution in [0.15, 0.2) is 42.5 Å². The van der Waals surface area contributed by atoms with Gasteiger partial charge in [-0.3, -0.25) is 14.6 Å². The molecule has 1 saturated heterocycles. The number of aromatic nitrogens is 1. The highest BCUT2D eigenvalue weighted by molar-refractivity contribution is 7.22. The number of thiazole rings is 1. The smallest absolute Gasteiger partial charge is 0.260 e. The van der Waals surface area contributed by atoms with Crippen LogP contribution < -0.4 is 4.90 Å². The fraction of sp³-hybridized carbons (Fsp3) is 0.364. The molecule has 0 spiro atoms. The van der Waals surface area contributed by atoms with Crippen molar-refractivity contribution in [3.8, 4) is 0 Å². The molecule has 1 aliphatic heterocycles. The molecule has 0 saturated carbocycles. The summed E-state index contributed by atoms with van der Waals surface area (Å²) in [7, 11) is 0. The Balaban J connectivity index is 1.66. The molecule has 6 heteroatoms. The van der Waals surface area contributed by atoms with Crippen molar-refractivity contribution in [3.63, 3.8) is 0 Å². The van der Waals surface area contributed by atoms with Crippen molar-refractivity contribution in [1.29, 1.82) is 0 Å². The lowest BCUT2D eigenvalue weighted by Gasteiger charge is -2.29. The van der Waals surface area contributed by atoms with Crippen LogP contribution in [0.2, 0.25) is 0 Å². The number of ether oxygens (including phenoxy) is 1. The maximum Gasteiger partial charge on any atom is 0.260 e. The normalized spacial score (nSPS) is 15.1. The van der Waals surface area contributed by atoms with Crippen LogP contribution in [-0.2, 0) is 4.74 Å². The summed E-state index contributed by atoms with van der Waals surface area (Å²) in [4.78, 5) is 22.4. The average molecular weight is 396 g/mol. The second kappa shape index (κ2) is 8.39. The van der Waals surface area contributed by atoms with Gasteiger partial charge in [0.1, 0.15) is 0 Å². The third kappa shape index (κ3) is 3.94. The molecule has 0 N–H and O–H groups in total. The molecular weight excluding hydrogens is 370 g/mol. The van der Waals surface area contributed by atoms with E-state index in [1.807, 2.05) is 35.2 Å². The molecule has 1 fully saturated rings. The summed E-state index contributed by atoms with van der Waals surface area (Å²) in [6.07, 6.45) is 0. The van der Waals surface area contributed by atoms with E-state index in [-0.39, 0.29) is 5.91 Å². The molecule has 1 aromatic heterocycles. The molecule has 1 aliphatic rings. The predicted molar refractivity (Wildman–Crippen MR) is 114 cm³/mol. The number of carbonyl (C=O) groups is 1. The van der Waals surface area contributed by atoms with Crippen molar-refractivity contribution in [3.05, 3.63) is 59.2 Å². The van der Waals surface area contributed by atoms with Crippen LogP contribution in [0.3, 0.4) is 0 Å². The summed E-state index contributed by atoms with van der Waals surface area (Å²) in [6, 6.07) is 13.7. The van der Waals surface area contributed by atoms with E-state index >= 15 is 0 Å². The largest absolute Gasteiger partial charge is 0.379 e. The average Bonchev–Trinajstić information content (AvgIpc) is 3.19. The standard InChI is InChI=1S/C22H25N3O2S/c1-16-8-9-17(2)20-19(16)23-22(28-20)25(11-10-24-12-14-27-15-13-24)21(26)18-6-4-3-5-7-18/h3-9H,10-15H2,1-2H3.